The van der Waals surface area contributed by atoms with Crippen LogP contribution in [0.3, 0.4) is 0 Å². The largest absolute Gasteiger partial charge is 0.470 e. The number of rotatable bonds is 6. The maximum atomic E-state index is 14.9. The van der Waals surface area contributed by atoms with Crippen LogP contribution < -0.4 is 14.8 Å². The van der Waals surface area contributed by atoms with Crippen LogP contribution in [0.25, 0.3) is 11.4 Å². The van der Waals surface area contributed by atoms with Crippen molar-refractivity contribution < 1.29 is 18.6 Å². The number of aromatic nitrogens is 3. The minimum Gasteiger partial charge on any atom is -0.470 e. The molecule has 0 unspecified atom stereocenters. The van der Waals surface area contributed by atoms with Crippen LogP contribution in [-0.2, 0) is 4.74 Å². The van der Waals surface area contributed by atoms with Gasteiger partial charge in [-0.15, -0.1) is 10.2 Å². The van der Waals surface area contributed by atoms with E-state index in [-0.39, 0.29) is 18.2 Å². The van der Waals surface area contributed by atoms with Crippen molar-refractivity contribution in [2.24, 2.45) is 0 Å². The molecule has 1 fully saturated rings. The van der Waals surface area contributed by atoms with Crippen LogP contribution in [0.15, 0.2) is 28.9 Å². The van der Waals surface area contributed by atoms with Crippen LogP contribution in [0.2, 0.25) is 0 Å². The molecule has 1 N–H and O–H groups in total. The molecule has 0 aromatic carbocycles. The number of pyridine rings is 1. The summed E-state index contributed by atoms with van der Waals surface area (Å²) >= 11 is 3.37. The van der Waals surface area contributed by atoms with Gasteiger partial charge in [0.25, 0.3) is 0 Å². The Morgan fingerprint density at radius 1 is 1.24 bits per heavy atom. The Bertz CT molecular complexity index is 848. The summed E-state index contributed by atoms with van der Waals surface area (Å²) in [5.74, 6) is 0.779. The van der Waals surface area contributed by atoms with Gasteiger partial charge >= 0.3 is 0 Å². The van der Waals surface area contributed by atoms with Gasteiger partial charge in [0.1, 0.15) is 17.5 Å². The van der Waals surface area contributed by atoms with Gasteiger partial charge in [-0.25, -0.2) is 9.37 Å². The Labute approximate surface area is 178 Å². The summed E-state index contributed by atoms with van der Waals surface area (Å²) < 4.78 is 32.1. The Hall–Kier alpha value is -1.84. The van der Waals surface area contributed by atoms with Gasteiger partial charge in [0.2, 0.25) is 5.88 Å². The van der Waals surface area contributed by atoms with Gasteiger partial charge < -0.3 is 19.5 Å². The van der Waals surface area contributed by atoms with Crippen molar-refractivity contribution in [1.29, 1.82) is 0 Å². The highest BCUT2D eigenvalue weighted by Crippen LogP contribution is 2.34. The standard InChI is InChI=1S/C20H26BrFN4O3/c1-19(2)9-15(18(22)20(3,4)26-19)29-16-7-6-13(24-25-16)17-14(28-11-27-5)8-12(21)10-23-17/h6-8,10,15,18,26H,9,11H2,1-5H3/t15-,18-/m0/s1. The Morgan fingerprint density at radius 3 is 2.66 bits per heavy atom. The summed E-state index contributed by atoms with van der Waals surface area (Å²) in [7, 11) is 1.54. The lowest BCUT2D eigenvalue weighted by atomic mass is 9.79. The summed E-state index contributed by atoms with van der Waals surface area (Å²) in [6.45, 7) is 7.83. The maximum absolute atomic E-state index is 14.9. The first kappa shape index (κ1) is 21.9. The summed E-state index contributed by atoms with van der Waals surface area (Å²) in [5.41, 5.74) is 0.0869. The zero-order valence-electron chi connectivity index (χ0n) is 17.2. The SMILES string of the molecule is COCOc1cc(Br)cnc1-c1ccc(O[C@H]2CC(C)(C)NC(C)(C)[C@H]2F)nn1. The number of nitrogens with one attached hydrogen (secondary N) is 1. The molecule has 0 spiro atoms. The number of alkyl halides is 1. The van der Waals surface area contributed by atoms with E-state index in [1.165, 1.54) is 0 Å². The predicted octanol–water partition coefficient (Wildman–Crippen LogP) is 3.92. The number of hydrogen-bond acceptors (Lipinski definition) is 7. The quantitative estimate of drug-likeness (QED) is 0.643. The molecular weight excluding hydrogens is 443 g/mol. The monoisotopic (exact) mass is 468 g/mol. The molecule has 1 aliphatic heterocycles. The third-order valence-electron chi connectivity index (χ3n) is 4.69. The Morgan fingerprint density at radius 2 is 2.00 bits per heavy atom. The lowest BCUT2D eigenvalue weighted by Gasteiger charge is -2.48. The Kier molecular flexibility index (Phi) is 6.40. The highest BCUT2D eigenvalue weighted by Gasteiger charge is 2.47. The number of ether oxygens (including phenoxy) is 3. The van der Waals surface area contributed by atoms with Crippen LogP contribution in [0.1, 0.15) is 34.1 Å². The molecule has 2 aromatic rings. The molecule has 0 aliphatic carbocycles. The highest BCUT2D eigenvalue weighted by molar-refractivity contribution is 9.10. The second kappa shape index (κ2) is 8.49. The van der Waals surface area contributed by atoms with E-state index in [2.05, 4.69) is 36.4 Å². The van der Waals surface area contributed by atoms with Crippen molar-refractivity contribution in [2.75, 3.05) is 13.9 Å². The summed E-state index contributed by atoms with van der Waals surface area (Å²) in [6.07, 6.45) is 0.366. The van der Waals surface area contributed by atoms with E-state index >= 15 is 0 Å². The lowest BCUT2D eigenvalue weighted by Crippen LogP contribution is -2.66. The minimum atomic E-state index is -1.18. The maximum Gasteiger partial charge on any atom is 0.233 e. The zero-order valence-corrected chi connectivity index (χ0v) is 18.8. The van der Waals surface area contributed by atoms with E-state index in [1.54, 1.807) is 31.5 Å². The molecule has 3 rings (SSSR count). The molecule has 9 heteroatoms. The number of nitrogens with zero attached hydrogens (tertiary/aromatic N) is 3. The van der Waals surface area contributed by atoms with E-state index in [1.807, 2.05) is 27.7 Å². The van der Waals surface area contributed by atoms with Gasteiger partial charge in [-0.3, -0.25) is 0 Å². The fourth-order valence-electron chi connectivity index (χ4n) is 3.67. The molecular formula is C20H26BrFN4O3. The number of halogens is 2. The van der Waals surface area contributed by atoms with Crippen molar-refractivity contribution in [1.82, 2.24) is 20.5 Å². The predicted molar refractivity (Wildman–Crippen MR) is 111 cm³/mol. The van der Waals surface area contributed by atoms with Gasteiger partial charge in [0, 0.05) is 41.3 Å². The Balaban J connectivity index is 1.79. The van der Waals surface area contributed by atoms with E-state index in [9.17, 15) is 4.39 Å². The fraction of sp³-hybridized carbons (Fsp3) is 0.550. The van der Waals surface area contributed by atoms with Gasteiger partial charge in [0.05, 0.1) is 0 Å². The molecule has 1 saturated heterocycles. The number of methoxy groups -OCH3 is 1. The molecule has 3 heterocycles. The summed E-state index contributed by atoms with van der Waals surface area (Å²) in [4.78, 5) is 4.36. The molecule has 7 nitrogen and oxygen atoms in total. The van der Waals surface area contributed by atoms with Crippen molar-refractivity contribution in [3.8, 4) is 23.0 Å². The molecule has 158 valence electrons. The third kappa shape index (κ3) is 5.21. The van der Waals surface area contributed by atoms with Crippen LogP contribution in [-0.4, -0.2) is 52.4 Å². The number of piperidine rings is 1. The molecule has 0 saturated carbocycles. The molecule has 1 aliphatic rings. The third-order valence-corrected chi connectivity index (χ3v) is 5.13. The first-order chi connectivity index (χ1) is 13.6. The minimum absolute atomic E-state index is 0.0823. The molecule has 2 atom stereocenters. The fourth-order valence-corrected chi connectivity index (χ4v) is 3.98. The van der Waals surface area contributed by atoms with E-state index in [4.69, 9.17) is 14.2 Å². The van der Waals surface area contributed by atoms with Gasteiger partial charge in [0.15, 0.2) is 18.7 Å². The normalized spacial score (nSPS) is 22.9. The topological polar surface area (TPSA) is 78.4 Å². The van der Waals surface area contributed by atoms with Crippen molar-refractivity contribution in [3.63, 3.8) is 0 Å². The van der Waals surface area contributed by atoms with E-state index in [0.29, 0.717) is 23.6 Å². The van der Waals surface area contributed by atoms with Crippen LogP contribution in [0, 0.1) is 0 Å². The second-order valence-electron chi connectivity index (χ2n) is 8.30. The van der Waals surface area contributed by atoms with Crippen LogP contribution >= 0.6 is 15.9 Å². The summed E-state index contributed by atoms with van der Waals surface area (Å²) in [5, 5.41) is 11.7. The highest BCUT2D eigenvalue weighted by atomic mass is 79.9. The lowest BCUT2D eigenvalue weighted by molar-refractivity contribution is -0.0281. The first-order valence-electron chi connectivity index (χ1n) is 9.33. The molecule has 0 bridgehead atoms. The number of hydrogen-bond donors (Lipinski definition) is 1. The van der Waals surface area contributed by atoms with Crippen LogP contribution in [0.5, 0.6) is 11.6 Å². The molecule has 0 amide bonds. The van der Waals surface area contributed by atoms with Gasteiger partial charge in [-0.2, -0.15) is 0 Å². The molecule has 0 radical (unpaired) electrons. The van der Waals surface area contributed by atoms with Crippen molar-refractivity contribution in [3.05, 3.63) is 28.9 Å². The van der Waals surface area contributed by atoms with E-state index < -0.39 is 17.8 Å². The average Bonchev–Trinajstić information content (AvgIpc) is 2.64. The first-order valence-corrected chi connectivity index (χ1v) is 10.1. The molecule has 2 aromatic heterocycles. The van der Waals surface area contributed by atoms with Gasteiger partial charge in [-0.05, 0) is 55.8 Å². The van der Waals surface area contributed by atoms with E-state index in [0.717, 1.165) is 4.47 Å². The van der Waals surface area contributed by atoms with Crippen molar-refractivity contribution in [2.45, 2.75) is 57.5 Å². The van der Waals surface area contributed by atoms with Crippen LogP contribution in [0.4, 0.5) is 4.39 Å². The molecule has 29 heavy (non-hydrogen) atoms. The second-order valence-corrected chi connectivity index (χ2v) is 9.22. The summed E-state index contributed by atoms with van der Waals surface area (Å²) in [6, 6.07) is 5.17. The average molecular weight is 469 g/mol. The van der Waals surface area contributed by atoms with Gasteiger partial charge in [-0.1, -0.05) is 0 Å². The van der Waals surface area contributed by atoms with Crippen molar-refractivity contribution >= 4 is 15.9 Å². The smallest absolute Gasteiger partial charge is 0.233 e. The zero-order chi connectivity index (χ0) is 21.2.